The van der Waals surface area contributed by atoms with Crippen molar-refractivity contribution in [3.63, 3.8) is 0 Å². The lowest BCUT2D eigenvalue weighted by Crippen LogP contribution is -2.47. The second-order valence-electron chi connectivity index (χ2n) is 4.54. The highest BCUT2D eigenvalue weighted by Gasteiger charge is 2.19. The minimum atomic E-state index is 0.395. The van der Waals surface area contributed by atoms with E-state index in [0.717, 1.165) is 43.6 Å². The molecule has 2 aromatic rings. The number of rotatable bonds is 3. The van der Waals surface area contributed by atoms with Crippen LogP contribution in [0.1, 0.15) is 5.69 Å². The summed E-state index contributed by atoms with van der Waals surface area (Å²) in [7, 11) is 0. The molecular weight excluding hydrogens is 276 g/mol. The van der Waals surface area contributed by atoms with Gasteiger partial charge in [-0.3, -0.25) is 0 Å². The predicted molar refractivity (Wildman–Crippen MR) is 78.0 cm³/mol. The number of nitrogens with zero attached hydrogens (tertiary/aromatic N) is 6. The summed E-state index contributed by atoms with van der Waals surface area (Å²) in [6, 6.07) is 5.72. The third kappa shape index (κ3) is 2.80. The number of halogens is 1. The van der Waals surface area contributed by atoms with Crippen molar-refractivity contribution >= 4 is 23.4 Å². The van der Waals surface area contributed by atoms with Gasteiger partial charge in [0.05, 0.1) is 11.6 Å². The Morgan fingerprint density at radius 2 is 1.65 bits per heavy atom. The molecule has 0 unspecified atom stereocenters. The average Bonchev–Trinajstić information content (AvgIpc) is 2.56. The first-order valence-corrected chi connectivity index (χ1v) is 7.06. The lowest BCUT2D eigenvalue weighted by atomic mass is 10.3. The van der Waals surface area contributed by atoms with Crippen LogP contribution in [0.25, 0.3) is 0 Å². The van der Waals surface area contributed by atoms with E-state index in [2.05, 4.69) is 30.0 Å². The van der Waals surface area contributed by atoms with E-state index in [9.17, 15) is 0 Å². The minimum Gasteiger partial charge on any atom is -0.352 e. The first kappa shape index (κ1) is 13.1. The Morgan fingerprint density at radius 3 is 2.25 bits per heavy atom. The zero-order valence-corrected chi connectivity index (χ0v) is 11.7. The van der Waals surface area contributed by atoms with Crippen LogP contribution in [0.4, 0.5) is 11.8 Å². The van der Waals surface area contributed by atoms with Gasteiger partial charge in [-0.1, -0.05) is 0 Å². The van der Waals surface area contributed by atoms with Gasteiger partial charge in [0, 0.05) is 38.6 Å². The number of alkyl halides is 1. The highest BCUT2D eigenvalue weighted by molar-refractivity contribution is 6.16. The van der Waals surface area contributed by atoms with Crippen LogP contribution in [-0.2, 0) is 5.88 Å². The number of piperazine rings is 1. The van der Waals surface area contributed by atoms with E-state index < -0.39 is 0 Å². The molecule has 3 heterocycles. The molecule has 2 aromatic heterocycles. The van der Waals surface area contributed by atoms with Crippen molar-refractivity contribution in [1.29, 1.82) is 0 Å². The average molecular weight is 291 g/mol. The van der Waals surface area contributed by atoms with Gasteiger partial charge >= 0.3 is 0 Å². The van der Waals surface area contributed by atoms with Gasteiger partial charge in [-0.2, -0.15) is 5.10 Å². The molecule has 3 rings (SSSR count). The van der Waals surface area contributed by atoms with Gasteiger partial charge in [-0.25, -0.2) is 9.97 Å². The van der Waals surface area contributed by atoms with Crippen molar-refractivity contribution in [2.24, 2.45) is 0 Å². The minimum absolute atomic E-state index is 0.395. The molecule has 1 aliphatic rings. The molecule has 0 N–H and O–H groups in total. The van der Waals surface area contributed by atoms with Crippen molar-refractivity contribution in [2.45, 2.75) is 5.88 Å². The van der Waals surface area contributed by atoms with Crippen molar-refractivity contribution in [3.8, 4) is 0 Å². The van der Waals surface area contributed by atoms with E-state index >= 15 is 0 Å². The molecule has 1 saturated heterocycles. The van der Waals surface area contributed by atoms with Gasteiger partial charge < -0.3 is 9.80 Å². The summed E-state index contributed by atoms with van der Waals surface area (Å²) in [4.78, 5) is 12.9. The molecular formula is C13H15ClN6. The van der Waals surface area contributed by atoms with E-state index in [4.69, 9.17) is 11.6 Å². The summed E-state index contributed by atoms with van der Waals surface area (Å²) in [6.45, 7) is 3.52. The molecule has 1 fully saturated rings. The van der Waals surface area contributed by atoms with Gasteiger partial charge in [-0.05, 0) is 18.2 Å². The summed E-state index contributed by atoms with van der Waals surface area (Å²) >= 11 is 5.72. The van der Waals surface area contributed by atoms with Crippen molar-refractivity contribution in [3.05, 3.63) is 36.3 Å². The lowest BCUT2D eigenvalue weighted by Gasteiger charge is -2.35. The molecule has 0 bridgehead atoms. The quantitative estimate of drug-likeness (QED) is 0.795. The van der Waals surface area contributed by atoms with Gasteiger partial charge in [0.2, 0.25) is 5.95 Å². The van der Waals surface area contributed by atoms with Gasteiger partial charge in [-0.15, -0.1) is 16.7 Å². The number of hydrogen-bond donors (Lipinski definition) is 0. The molecule has 0 radical (unpaired) electrons. The summed E-state index contributed by atoms with van der Waals surface area (Å²) < 4.78 is 0. The fourth-order valence-corrected chi connectivity index (χ4v) is 2.33. The second-order valence-corrected chi connectivity index (χ2v) is 4.81. The molecule has 0 saturated carbocycles. The van der Waals surface area contributed by atoms with E-state index in [1.165, 1.54) is 0 Å². The van der Waals surface area contributed by atoms with Crippen LogP contribution in [-0.4, -0.2) is 46.3 Å². The zero-order chi connectivity index (χ0) is 13.8. The molecule has 1 aliphatic heterocycles. The first-order valence-electron chi connectivity index (χ1n) is 6.52. The largest absolute Gasteiger partial charge is 0.352 e. The van der Waals surface area contributed by atoms with Crippen LogP contribution >= 0.6 is 11.6 Å². The third-order valence-corrected chi connectivity index (χ3v) is 3.56. The first-order chi connectivity index (χ1) is 9.86. The molecule has 0 amide bonds. The second kappa shape index (κ2) is 6.00. The zero-order valence-electron chi connectivity index (χ0n) is 11.0. The highest BCUT2D eigenvalue weighted by Crippen LogP contribution is 2.15. The van der Waals surface area contributed by atoms with E-state index in [-0.39, 0.29) is 0 Å². The Bertz CT molecular complexity index is 539. The van der Waals surface area contributed by atoms with Crippen LogP contribution in [0.15, 0.2) is 30.6 Å². The SMILES string of the molecule is ClCc1ccc(N2CCN(c3ncccn3)CC2)nn1. The monoisotopic (exact) mass is 290 g/mol. The number of aromatic nitrogens is 4. The number of hydrogen-bond acceptors (Lipinski definition) is 6. The predicted octanol–water partition coefficient (Wildman–Crippen LogP) is 1.33. The van der Waals surface area contributed by atoms with Crippen molar-refractivity contribution in [1.82, 2.24) is 20.2 Å². The molecule has 0 aliphatic carbocycles. The molecule has 0 spiro atoms. The molecule has 6 nitrogen and oxygen atoms in total. The van der Waals surface area contributed by atoms with Gasteiger partial charge in [0.15, 0.2) is 5.82 Å². The summed E-state index contributed by atoms with van der Waals surface area (Å²) in [6.07, 6.45) is 3.54. The summed E-state index contributed by atoms with van der Waals surface area (Å²) in [5, 5.41) is 8.30. The molecule has 20 heavy (non-hydrogen) atoms. The van der Waals surface area contributed by atoms with Crippen LogP contribution < -0.4 is 9.80 Å². The van der Waals surface area contributed by atoms with Gasteiger partial charge in [0.25, 0.3) is 0 Å². The molecule has 7 heteroatoms. The normalized spacial score (nSPS) is 15.4. The van der Waals surface area contributed by atoms with Crippen LogP contribution in [0.2, 0.25) is 0 Å². The van der Waals surface area contributed by atoms with Crippen LogP contribution in [0.3, 0.4) is 0 Å². The van der Waals surface area contributed by atoms with E-state index in [1.807, 2.05) is 18.2 Å². The maximum absolute atomic E-state index is 5.72. The Morgan fingerprint density at radius 1 is 0.950 bits per heavy atom. The highest BCUT2D eigenvalue weighted by atomic mass is 35.5. The van der Waals surface area contributed by atoms with E-state index in [1.54, 1.807) is 12.4 Å². The van der Waals surface area contributed by atoms with E-state index in [0.29, 0.717) is 5.88 Å². The topological polar surface area (TPSA) is 58.0 Å². The fourth-order valence-electron chi connectivity index (χ4n) is 2.18. The summed E-state index contributed by atoms with van der Waals surface area (Å²) in [5.41, 5.74) is 0.798. The maximum Gasteiger partial charge on any atom is 0.225 e. The Hall–Kier alpha value is -1.95. The smallest absolute Gasteiger partial charge is 0.225 e. The Balaban J connectivity index is 1.63. The third-order valence-electron chi connectivity index (χ3n) is 3.28. The lowest BCUT2D eigenvalue weighted by molar-refractivity contribution is 0.630. The summed E-state index contributed by atoms with van der Waals surface area (Å²) in [5.74, 6) is 2.08. The van der Waals surface area contributed by atoms with Gasteiger partial charge in [0.1, 0.15) is 0 Å². The Labute approximate surface area is 122 Å². The maximum atomic E-state index is 5.72. The fraction of sp³-hybridized carbons (Fsp3) is 0.385. The molecule has 104 valence electrons. The van der Waals surface area contributed by atoms with Crippen molar-refractivity contribution in [2.75, 3.05) is 36.0 Å². The van der Waals surface area contributed by atoms with Crippen LogP contribution in [0, 0.1) is 0 Å². The Kier molecular flexibility index (Phi) is 3.92. The standard InChI is InChI=1S/C13H15ClN6/c14-10-11-2-3-12(18-17-11)19-6-8-20(9-7-19)13-15-4-1-5-16-13/h1-5H,6-10H2. The van der Waals surface area contributed by atoms with Crippen molar-refractivity contribution < 1.29 is 0 Å². The molecule has 0 aromatic carbocycles. The molecule has 0 atom stereocenters. The number of anilines is 2. The van der Waals surface area contributed by atoms with Crippen LogP contribution in [0.5, 0.6) is 0 Å².